The second kappa shape index (κ2) is 5.60. The number of halogens is 1. The van der Waals surface area contributed by atoms with Gasteiger partial charge in [0.15, 0.2) is 0 Å². The van der Waals surface area contributed by atoms with E-state index in [2.05, 4.69) is 16.0 Å². The predicted molar refractivity (Wildman–Crippen MR) is 88.1 cm³/mol. The molecule has 1 saturated carbocycles. The van der Waals surface area contributed by atoms with Gasteiger partial charge in [0.1, 0.15) is 10.8 Å². The number of carbonyl (C=O) groups excluding carboxylic acids is 1. The van der Waals surface area contributed by atoms with Crippen LogP contribution in [0.5, 0.6) is 0 Å². The number of urea groups is 1. The van der Waals surface area contributed by atoms with Crippen molar-refractivity contribution >= 4 is 17.4 Å². The Morgan fingerprint density at radius 1 is 1.26 bits per heavy atom. The van der Waals surface area contributed by atoms with Crippen molar-refractivity contribution in [2.75, 3.05) is 0 Å². The molecular weight excluding hydrogens is 313 g/mol. The van der Waals surface area contributed by atoms with Gasteiger partial charge >= 0.3 is 6.03 Å². The summed E-state index contributed by atoms with van der Waals surface area (Å²) in [4.78, 5) is 16.2. The van der Waals surface area contributed by atoms with E-state index < -0.39 is 0 Å². The standard InChI is InChI=1S/C17H18FN3OS/c1-9-6-11(18)3-4-12(9)16-19-15(8-23-16)10-2-5-13-14(7-10)21-17(22)20-13/h3-4,6,8,10,13-14H,2,5,7H2,1H3,(H2,20,21,22). The largest absolute Gasteiger partial charge is 0.333 e. The van der Waals surface area contributed by atoms with Crippen LogP contribution in [0.25, 0.3) is 10.6 Å². The Bertz CT molecular complexity index is 760. The van der Waals surface area contributed by atoms with E-state index in [9.17, 15) is 9.18 Å². The lowest BCUT2D eigenvalue weighted by molar-refractivity contribution is 0.247. The maximum absolute atomic E-state index is 13.3. The number of benzene rings is 1. The molecular formula is C17H18FN3OS. The van der Waals surface area contributed by atoms with Gasteiger partial charge in [-0.15, -0.1) is 11.3 Å². The van der Waals surface area contributed by atoms with Crippen LogP contribution in [-0.4, -0.2) is 23.1 Å². The number of nitrogens with zero attached hydrogens (tertiary/aromatic N) is 1. The van der Waals surface area contributed by atoms with Crippen molar-refractivity contribution in [1.82, 2.24) is 15.6 Å². The summed E-state index contributed by atoms with van der Waals surface area (Å²) in [6.45, 7) is 1.91. The molecule has 1 saturated heterocycles. The summed E-state index contributed by atoms with van der Waals surface area (Å²) in [5, 5.41) is 9.00. The number of fused-ring (bicyclic) bond motifs is 1. The first-order valence-corrected chi connectivity index (χ1v) is 8.77. The van der Waals surface area contributed by atoms with Crippen LogP contribution in [-0.2, 0) is 0 Å². The predicted octanol–water partition coefficient (Wildman–Crippen LogP) is 3.58. The number of amides is 2. The smallest absolute Gasteiger partial charge is 0.315 e. The molecule has 6 heteroatoms. The van der Waals surface area contributed by atoms with E-state index in [0.717, 1.165) is 41.1 Å². The molecule has 23 heavy (non-hydrogen) atoms. The van der Waals surface area contributed by atoms with Gasteiger partial charge in [0.25, 0.3) is 0 Å². The maximum atomic E-state index is 13.3. The first-order valence-electron chi connectivity index (χ1n) is 7.89. The highest BCUT2D eigenvalue weighted by atomic mass is 32.1. The Morgan fingerprint density at radius 2 is 2.09 bits per heavy atom. The third-order valence-electron chi connectivity index (χ3n) is 4.84. The molecule has 1 aromatic heterocycles. The Balaban J connectivity index is 1.55. The number of nitrogens with one attached hydrogen (secondary N) is 2. The van der Waals surface area contributed by atoms with Crippen LogP contribution < -0.4 is 10.6 Å². The molecule has 1 aliphatic heterocycles. The van der Waals surface area contributed by atoms with E-state index in [1.54, 1.807) is 23.5 Å². The van der Waals surface area contributed by atoms with E-state index in [0.29, 0.717) is 5.92 Å². The van der Waals surface area contributed by atoms with Gasteiger partial charge in [-0.2, -0.15) is 0 Å². The van der Waals surface area contributed by atoms with Crippen molar-refractivity contribution in [3.8, 4) is 10.6 Å². The van der Waals surface area contributed by atoms with Gasteiger partial charge in [0.05, 0.1) is 17.8 Å². The van der Waals surface area contributed by atoms with Crippen LogP contribution in [0.2, 0.25) is 0 Å². The van der Waals surface area contributed by atoms with Gasteiger partial charge in [-0.05, 0) is 49.9 Å². The number of aromatic nitrogens is 1. The summed E-state index contributed by atoms with van der Waals surface area (Å²) >= 11 is 1.61. The molecule has 4 rings (SSSR count). The normalized spacial score (nSPS) is 26.5. The van der Waals surface area contributed by atoms with Gasteiger partial charge in [0, 0.05) is 16.9 Å². The van der Waals surface area contributed by atoms with Crippen molar-refractivity contribution in [1.29, 1.82) is 0 Å². The minimum absolute atomic E-state index is 0.0541. The third kappa shape index (κ3) is 2.72. The average molecular weight is 331 g/mol. The average Bonchev–Trinajstić information content (AvgIpc) is 3.11. The summed E-state index contributed by atoms with van der Waals surface area (Å²) in [6, 6.07) is 5.23. The second-order valence-corrected chi connectivity index (χ2v) is 7.24. The zero-order chi connectivity index (χ0) is 16.0. The highest BCUT2D eigenvalue weighted by Crippen LogP contribution is 2.37. The molecule has 0 spiro atoms. The lowest BCUT2D eigenvalue weighted by Crippen LogP contribution is -2.38. The van der Waals surface area contributed by atoms with Crippen molar-refractivity contribution in [2.24, 2.45) is 0 Å². The fourth-order valence-corrected chi connectivity index (χ4v) is 4.61. The summed E-state index contributed by atoms with van der Waals surface area (Å²) in [5.74, 6) is 0.160. The number of rotatable bonds is 2. The fourth-order valence-electron chi connectivity index (χ4n) is 3.61. The monoisotopic (exact) mass is 331 g/mol. The van der Waals surface area contributed by atoms with E-state index in [1.165, 1.54) is 6.07 Å². The number of hydrogen-bond acceptors (Lipinski definition) is 3. The van der Waals surface area contributed by atoms with E-state index in [4.69, 9.17) is 4.98 Å². The molecule has 1 aromatic carbocycles. The number of carbonyl (C=O) groups is 1. The van der Waals surface area contributed by atoms with Crippen LogP contribution in [0.3, 0.4) is 0 Å². The number of hydrogen-bond donors (Lipinski definition) is 2. The first kappa shape index (κ1) is 14.6. The maximum Gasteiger partial charge on any atom is 0.315 e. The zero-order valence-corrected chi connectivity index (χ0v) is 13.6. The lowest BCUT2D eigenvalue weighted by Gasteiger charge is -2.29. The van der Waals surface area contributed by atoms with Crippen LogP contribution in [0, 0.1) is 12.7 Å². The number of thiazole rings is 1. The van der Waals surface area contributed by atoms with Gasteiger partial charge in [-0.1, -0.05) is 0 Å². The number of aryl methyl sites for hydroxylation is 1. The molecule has 120 valence electrons. The molecule has 0 bridgehead atoms. The quantitative estimate of drug-likeness (QED) is 0.884. The van der Waals surface area contributed by atoms with E-state index in [1.807, 2.05) is 6.92 Å². The van der Waals surface area contributed by atoms with Crippen molar-refractivity contribution < 1.29 is 9.18 Å². The Kier molecular flexibility index (Phi) is 3.56. The van der Waals surface area contributed by atoms with Gasteiger partial charge in [-0.3, -0.25) is 0 Å². The highest BCUT2D eigenvalue weighted by molar-refractivity contribution is 7.13. The Hall–Kier alpha value is -1.95. The van der Waals surface area contributed by atoms with Crippen LogP contribution in [0.1, 0.15) is 36.4 Å². The molecule has 2 aliphatic rings. The molecule has 3 unspecified atom stereocenters. The molecule has 1 aliphatic carbocycles. The minimum atomic E-state index is -0.217. The van der Waals surface area contributed by atoms with E-state index in [-0.39, 0.29) is 23.9 Å². The van der Waals surface area contributed by atoms with Crippen LogP contribution in [0.4, 0.5) is 9.18 Å². The molecule has 4 nitrogen and oxygen atoms in total. The van der Waals surface area contributed by atoms with Gasteiger partial charge < -0.3 is 10.6 Å². The van der Waals surface area contributed by atoms with Gasteiger partial charge in [-0.25, -0.2) is 14.2 Å². The highest BCUT2D eigenvalue weighted by Gasteiger charge is 2.38. The summed E-state index contributed by atoms with van der Waals surface area (Å²) in [7, 11) is 0. The Morgan fingerprint density at radius 3 is 2.91 bits per heavy atom. The summed E-state index contributed by atoms with van der Waals surface area (Å²) in [6.07, 6.45) is 2.94. The molecule has 2 aromatic rings. The molecule has 2 heterocycles. The van der Waals surface area contributed by atoms with Crippen molar-refractivity contribution in [3.05, 3.63) is 40.7 Å². The Labute approximate surface area is 138 Å². The molecule has 3 atom stereocenters. The van der Waals surface area contributed by atoms with E-state index >= 15 is 0 Å². The second-order valence-electron chi connectivity index (χ2n) is 6.38. The molecule has 2 fully saturated rings. The molecule has 2 N–H and O–H groups in total. The SMILES string of the molecule is Cc1cc(F)ccc1-c1nc(C2CCC3NC(=O)NC3C2)cs1. The molecule has 2 amide bonds. The van der Waals surface area contributed by atoms with Crippen molar-refractivity contribution in [2.45, 2.75) is 44.2 Å². The lowest BCUT2D eigenvalue weighted by atomic mass is 9.82. The van der Waals surface area contributed by atoms with Crippen molar-refractivity contribution in [3.63, 3.8) is 0 Å². The summed E-state index contributed by atoms with van der Waals surface area (Å²) < 4.78 is 13.3. The van der Waals surface area contributed by atoms with Crippen LogP contribution in [0.15, 0.2) is 23.6 Å². The zero-order valence-electron chi connectivity index (χ0n) is 12.8. The third-order valence-corrected chi connectivity index (χ3v) is 5.74. The topological polar surface area (TPSA) is 54.0 Å². The minimum Gasteiger partial charge on any atom is -0.333 e. The fraction of sp³-hybridized carbons (Fsp3) is 0.412. The molecule has 0 radical (unpaired) electrons. The van der Waals surface area contributed by atoms with Crippen LogP contribution >= 0.6 is 11.3 Å². The first-order chi connectivity index (χ1) is 11.1. The summed E-state index contributed by atoms with van der Waals surface area (Å²) in [5.41, 5.74) is 2.99. The van der Waals surface area contributed by atoms with Gasteiger partial charge in [0.2, 0.25) is 0 Å².